The lowest BCUT2D eigenvalue weighted by atomic mass is 9.87. The summed E-state index contributed by atoms with van der Waals surface area (Å²) in [4.78, 5) is 15.3. The average Bonchev–Trinajstić information content (AvgIpc) is 3.00. The molecule has 4 rings (SSSR count). The zero-order chi connectivity index (χ0) is 19.0. The van der Waals surface area contributed by atoms with E-state index in [4.69, 9.17) is 27.6 Å². The minimum absolute atomic E-state index is 0.171. The zero-order valence-corrected chi connectivity index (χ0v) is 15.5. The fourth-order valence-electron chi connectivity index (χ4n) is 3.11. The molecule has 2 unspecified atom stereocenters. The smallest absolute Gasteiger partial charge is 0.260 e. The van der Waals surface area contributed by atoms with Gasteiger partial charge in [0.1, 0.15) is 28.2 Å². The Morgan fingerprint density at radius 2 is 2.15 bits per heavy atom. The maximum Gasteiger partial charge on any atom is 0.260 e. The minimum Gasteiger partial charge on any atom is -0.493 e. The molecule has 1 amide bonds. The number of halogens is 1. The van der Waals surface area contributed by atoms with Crippen molar-refractivity contribution in [3.8, 4) is 17.2 Å². The normalized spacial score (nSPS) is 20.7. The highest BCUT2D eigenvalue weighted by Gasteiger charge is 2.32. The molecule has 0 spiro atoms. The van der Waals surface area contributed by atoms with Crippen LogP contribution in [0.4, 0.5) is 5.69 Å². The first-order chi connectivity index (χ1) is 13.0. The van der Waals surface area contributed by atoms with Gasteiger partial charge < -0.3 is 9.47 Å². The van der Waals surface area contributed by atoms with Gasteiger partial charge in [-0.15, -0.1) is 0 Å². The number of hydrogen-bond acceptors (Lipinski definition) is 4. The Morgan fingerprint density at radius 3 is 2.85 bits per heavy atom. The number of fused-ring (bicyclic) bond motifs is 1. The molecule has 0 fully saturated rings. The summed E-state index contributed by atoms with van der Waals surface area (Å²) < 4.78 is 25.5. The van der Waals surface area contributed by atoms with Crippen molar-refractivity contribution >= 4 is 34.2 Å². The molecule has 0 saturated carbocycles. The van der Waals surface area contributed by atoms with E-state index >= 15 is 0 Å². The first kappa shape index (κ1) is 17.6. The van der Waals surface area contributed by atoms with Crippen molar-refractivity contribution in [2.45, 2.75) is 12.3 Å². The van der Waals surface area contributed by atoms with E-state index in [0.717, 1.165) is 5.56 Å². The maximum absolute atomic E-state index is 12.0. The van der Waals surface area contributed by atoms with Crippen LogP contribution in [0, 0.1) is 6.57 Å². The van der Waals surface area contributed by atoms with Crippen LogP contribution in [0.15, 0.2) is 47.4 Å². The Hall–Kier alpha value is -2.82. The van der Waals surface area contributed by atoms with Gasteiger partial charge in [-0.3, -0.25) is 9.52 Å². The third-order valence-electron chi connectivity index (χ3n) is 4.36. The van der Waals surface area contributed by atoms with Gasteiger partial charge in [0.2, 0.25) is 0 Å². The highest BCUT2D eigenvalue weighted by molar-refractivity contribution is 7.87. The number of rotatable bonds is 3. The van der Waals surface area contributed by atoms with Gasteiger partial charge in [-0.05, 0) is 24.6 Å². The number of carbonyl (C=O) groups is 1. The molecule has 0 aromatic heterocycles. The van der Waals surface area contributed by atoms with Gasteiger partial charge in [0.25, 0.3) is 5.91 Å². The van der Waals surface area contributed by atoms with Crippen LogP contribution in [0.5, 0.6) is 17.2 Å². The Morgan fingerprint density at radius 1 is 1.30 bits per heavy atom. The van der Waals surface area contributed by atoms with E-state index in [1.807, 2.05) is 6.07 Å². The van der Waals surface area contributed by atoms with Gasteiger partial charge in [0.05, 0.1) is 18.2 Å². The van der Waals surface area contributed by atoms with Crippen LogP contribution in [-0.2, 0) is 15.8 Å². The highest BCUT2D eigenvalue weighted by Crippen LogP contribution is 2.42. The molecular formula is C19H13ClN2O4S. The summed E-state index contributed by atoms with van der Waals surface area (Å²) in [6.45, 7) is 7.45. The molecule has 136 valence electrons. The van der Waals surface area contributed by atoms with Crippen LogP contribution in [-0.4, -0.2) is 16.7 Å². The molecule has 0 saturated heterocycles. The molecule has 8 heteroatoms. The van der Waals surface area contributed by atoms with Gasteiger partial charge in [-0.1, -0.05) is 23.7 Å². The molecule has 0 aliphatic carbocycles. The lowest BCUT2D eigenvalue weighted by Gasteiger charge is -2.26. The zero-order valence-electron chi connectivity index (χ0n) is 13.9. The van der Waals surface area contributed by atoms with Gasteiger partial charge >= 0.3 is 0 Å². The predicted molar refractivity (Wildman–Crippen MR) is 101 cm³/mol. The van der Waals surface area contributed by atoms with Gasteiger partial charge in [-0.25, -0.2) is 9.05 Å². The molecule has 2 aliphatic rings. The van der Waals surface area contributed by atoms with Crippen LogP contribution in [0.2, 0.25) is 5.02 Å². The fraction of sp³-hybridized carbons (Fsp3) is 0.158. The first-order valence-corrected chi connectivity index (χ1v) is 9.69. The molecule has 1 N–H and O–H groups in total. The van der Waals surface area contributed by atoms with Crippen LogP contribution in [0.1, 0.15) is 17.9 Å². The summed E-state index contributed by atoms with van der Waals surface area (Å²) >= 11 is 6.16. The van der Waals surface area contributed by atoms with Crippen molar-refractivity contribution in [3.63, 3.8) is 0 Å². The van der Waals surface area contributed by atoms with Crippen LogP contribution < -0.4 is 14.2 Å². The molecule has 27 heavy (non-hydrogen) atoms. The number of carbonyl (C=O) groups excluding carboxylic acids is 1. The Labute approximate surface area is 163 Å². The quantitative estimate of drug-likeness (QED) is 0.783. The minimum atomic E-state index is -1.46. The van der Waals surface area contributed by atoms with Crippen molar-refractivity contribution in [2.75, 3.05) is 6.61 Å². The lowest BCUT2D eigenvalue weighted by molar-refractivity contribution is -0.115. The Bertz CT molecular complexity index is 1040. The molecule has 2 atom stereocenters. The van der Waals surface area contributed by atoms with Gasteiger partial charge in [-0.2, -0.15) is 0 Å². The molecule has 2 heterocycles. The first-order valence-electron chi connectivity index (χ1n) is 8.10. The van der Waals surface area contributed by atoms with E-state index in [0.29, 0.717) is 46.6 Å². The van der Waals surface area contributed by atoms with Gasteiger partial charge in [0, 0.05) is 28.5 Å². The molecule has 2 aromatic carbocycles. The third-order valence-corrected chi connectivity index (χ3v) is 5.51. The number of ether oxygens (including phenoxy) is 2. The van der Waals surface area contributed by atoms with Crippen molar-refractivity contribution in [1.29, 1.82) is 0 Å². The third kappa shape index (κ3) is 3.42. The molecule has 6 nitrogen and oxygen atoms in total. The second kappa shape index (κ2) is 7.06. The summed E-state index contributed by atoms with van der Waals surface area (Å²) in [6.07, 6.45) is 0.633. The number of amides is 1. The predicted octanol–water partition coefficient (Wildman–Crippen LogP) is 4.23. The fourth-order valence-corrected chi connectivity index (χ4v) is 4.19. The van der Waals surface area contributed by atoms with Crippen molar-refractivity contribution < 1.29 is 18.5 Å². The van der Waals surface area contributed by atoms with Crippen molar-refractivity contribution in [3.05, 3.63) is 69.4 Å². The standard InChI is InChI=1S/C19H13ClN2O4S/c1-21-11-2-5-17(16(20)8-11)26-12-3-4-14-13(6-7-25-18(14)9-12)15-10-27(24)22-19(15)23/h2-5,8-10,13H,6-7H2,(H,22,23). The lowest BCUT2D eigenvalue weighted by Crippen LogP contribution is -2.23. The molecule has 2 aliphatic heterocycles. The highest BCUT2D eigenvalue weighted by atomic mass is 35.5. The van der Waals surface area contributed by atoms with E-state index in [-0.39, 0.29) is 11.8 Å². The van der Waals surface area contributed by atoms with E-state index in [1.165, 1.54) is 5.41 Å². The summed E-state index contributed by atoms with van der Waals surface area (Å²) in [5.41, 5.74) is 1.79. The van der Waals surface area contributed by atoms with E-state index in [1.54, 1.807) is 30.3 Å². The summed E-state index contributed by atoms with van der Waals surface area (Å²) in [6, 6.07) is 10.2. The molecule has 0 bridgehead atoms. The van der Waals surface area contributed by atoms with Crippen LogP contribution >= 0.6 is 11.6 Å². The largest absolute Gasteiger partial charge is 0.493 e. The second-order valence-electron chi connectivity index (χ2n) is 6.02. The molecule has 0 radical (unpaired) electrons. The Balaban J connectivity index is 1.62. The summed E-state index contributed by atoms with van der Waals surface area (Å²) in [7, 11) is -1.46. The van der Waals surface area contributed by atoms with Crippen LogP contribution in [0.25, 0.3) is 4.85 Å². The average molecular weight is 401 g/mol. The van der Waals surface area contributed by atoms with Crippen molar-refractivity contribution in [1.82, 2.24) is 4.72 Å². The second-order valence-corrected chi connectivity index (χ2v) is 7.46. The van der Waals surface area contributed by atoms with E-state index in [2.05, 4.69) is 9.57 Å². The van der Waals surface area contributed by atoms with Gasteiger partial charge in [0.15, 0.2) is 5.69 Å². The summed E-state index contributed by atoms with van der Waals surface area (Å²) in [5.74, 6) is 1.10. The van der Waals surface area contributed by atoms with E-state index in [9.17, 15) is 9.00 Å². The number of nitrogens with zero attached hydrogens (tertiary/aromatic N) is 1. The van der Waals surface area contributed by atoms with E-state index < -0.39 is 11.0 Å². The molecular weight excluding hydrogens is 388 g/mol. The van der Waals surface area contributed by atoms with Crippen molar-refractivity contribution in [2.24, 2.45) is 0 Å². The number of hydrogen-bond donors (Lipinski definition) is 1. The number of benzene rings is 2. The maximum atomic E-state index is 12.0. The molecule has 2 aromatic rings. The monoisotopic (exact) mass is 400 g/mol. The SMILES string of the molecule is [C-]#[N+]c1ccc(Oc2ccc3c(c2)OCCC3C2=CS(=O)NC2=O)c(Cl)c1. The number of nitrogens with one attached hydrogen (secondary N) is 1. The Kier molecular flexibility index (Phi) is 4.60. The summed E-state index contributed by atoms with van der Waals surface area (Å²) in [5, 5.41) is 1.81. The van der Waals surface area contributed by atoms with Crippen LogP contribution in [0.3, 0.4) is 0 Å². The topological polar surface area (TPSA) is 69.0 Å².